The maximum Gasteiger partial charge on any atom is 0.321 e. The Hall–Kier alpha value is -0.770. The second-order valence-electron chi connectivity index (χ2n) is 4.69. The largest absolute Gasteiger partial charge is 0.337 e. The lowest BCUT2D eigenvalue weighted by atomic mass is 9.92. The maximum absolute atomic E-state index is 11.3. The second-order valence-corrected chi connectivity index (χ2v) is 5.06. The summed E-state index contributed by atoms with van der Waals surface area (Å²) in [5.74, 6) is 0.461. The van der Waals surface area contributed by atoms with Gasteiger partial charge in [0.1, 0.15) is 0 Å². The van der Waals surface area contributed by atoms with E-state index >= 15 is 0 Å². The standard InChI is InChI=1S/C11H19ClN2O2/c1-8(2)11(4-5-11)7-13-10(16)14-9(15)3-6-12/h8H,3-7H2,1-2H3,(H2,13,14,15,16). The molecular formula is C11H19ClN2O2. The average Bonchev–Trinajstić information content (AvgIpc) is 2.95. The maximum atomic E-state index is 11.3. The molecule has 5 heteroatoms. The monoisotopic (exact) mass is 246 g/mol. The van der Waals surface area contributed by atoms with Crippen molar-refractivity contribution >= 4 is 23.5 Å². The highest BCUT2D eigenvalue weighted by atomic mass is 35.5. The molecule has 1 fully saturated rings. The zero-order valence-electron chi connectivity index (χ0n) is 9.81. The molecule has 0 bridgehead atoms. The van der Waals surface area contributed by atoms with Crippen LogP contribution in [0, 0.1) is 11.3 Å². The molecule has 0 aromatic rings. The second kappa shape index (κ2) is 5.53. The summed E-state index contributed by atoms with van der Waals surface area (Å²) >= 11 is 5.39. The van der Waals surface area contributed by atoms with Crippen molar-refractivity contribution in [2.75, 3.05) is 12.4 Å². The first-order chi connectivity index (χ1) is 7.50. The van der Waals surface area contributed by atoms with Crippen molar-refractivity contribution in [1.29, 1.82) is 0 Å². The van der Waals surface area contributed by atoms with E-state index in [1.54, 1.807) is 0 Å². The van der Waals surface area contributed by atoms with E-state index < -0.39 is 6.03 Å². The van der Waals surface area contributed by atoms with Crippen LogP contribution in [0.5, 0.6) is 0 Å². The van der Waals surface area contributed by atoms with Gasteiger partial charge in [-0.1, -0.05) is 13.8 Å². The summed E-state index contributed by atoms with van der Waals surface area (Å²) in [6, 6.07) is -0.415. The number of nitrogens with one attached hydrogen (secondary N) is 2. The van der Waals surface area contributed by atoms with Crippen LogP contribution in [0.3, 0.4) is 0 Å². The van der Waals surface area contributed by atoms with Crippen LogP contribution in [-0.4, -0.2) is 24.4 Å². The number of urea groups is 1. The molecule has 0 saturated heterocycles. The summed E-state index contributed by atoms with van der Waals surface area (Å²) in [7, 11) is 0. The number of alkyl halides is 1. The van der Waals surface area contributed by atoms with Crippen molar-refractivity contribution in [1.82, 2.24) is 10.6 Å². The van der Waals surface area contributed by atoms with Crippen molar-refractivity contribution in [3.8, 4) is 0 Å². The van der Waals surface area contributed by atoms with E-state index in [0.717, 1.165) is 12.8 Å². The molecule has 0 aliphatic heterocycles. The minimum Gasteiger partial charge on any atom is -0.337 e. The Labute approximate surface area is 101 Å². The average molecular weight is 247 g/mol. The summed E-state index contributed by atoms with van der Waals surface area (Å²) in [6.45, 7) is 4.96. The van der Waals surface area contributed by atoms with Crippen LogP contribution in [-0.2, 0) is 4.79 Å². The molecule has 0 heterocycles. The molecule has 0 aromatic carbocycles. The number of carbonyl (C=O) groups excluding carboxylic acids is 2. The lowest BCUT2D eigenvalue weighted by molar-refractivity contribution is -0.119. The molecule has 92 valence electrons. The lowest BCUT2D eigenvalue weighted by Gasteiger charge is -2.19. The molecule has 1 saturated carbocycles. The van der Waals surface area contributed by atoms with Gasteiger partial charge < -0.3 is 5.32 Å². The molecule has 0 unspecified atom stereocenters. The molecule has 0 radical (unpaired) electrons. The van der Waals surface area contributed by atoms with Gasteiger partial charge in [-0.25, -0.2) is 4.79 Å². The normalized spacial score (nSPS) is 17.0. The van der Waals surface area contributed by atoms with Gasteiger partial charge in [0.25, 0.3) is 0 Å². The van der Waals surface area contributed by atoms with E-state index in [2.05, 4.69) is 24.5 Å². The van der Waals surface area contributed by atoms with Crippen molar-refractivity contribution in [3.05, 3.63) is 0 Å². The number of hydrogen-bond donors (Lipinski definition) is 2. The van der Waals surface area contributed by atoms with Crippen molar-refractivity contribution in [2.24, 2.45) is 11.3 Å². The third-order valence-electron chi connectivity index (χ3n) is 3.29. The van der Waals surface area contributed by atoms with Crippen LogP contribution < -0.4 is 10.6 Å². The Morgan fingerprint density at radius 1 is 1.38 bits per heavy atom. The van der Waals surface area contributed by atoms with Gasteiger partial charge in [0.15, 0.2) is 0 Å². The predicted octanol–water partition coefficient (Wildman–Crippen LogP) is 1.88. The quantitative estimate of drug-likeness (QED) is 0.728. The Morgan fingerprint density at radius 3 is 2.44 bits per heavy atom. The smallest absolute Gasteiger partial charge is 0.321 e. The highest BCUT2D eigenvalue weighted by Crippen LogP contribution is 2.51. The number of carbonyl (C=O) groups is 2. The van der Waals surface area contributed by atoms with Gasteiger partial charge in [0, 0.05) is 18.8 Å². The number of amides is 3. The molecule has 0 spiro atoms. The molecule has 0 aromatic heterocycles. The first-order valence-corrected chi connectivity index (χ1v) is 6.17. The summed E-state index contributed by atoms with van der Waals surface area (Å²) in [5, 5.41) is 4.99. The van der Waals surface area contributed by atoms with E-state index in [-0.39, 0.29) is 23.6 Å². The predicted molar refractivity (Wildman–Crippen MR) is 63.4 cm³/mol. The minimum absolute atomic E-state index is 0.171. The summed E-state index contributed by atoms with van der Waals surface area (Å²) in [5.41, 5.74) is 0.257. The van der Waals surface area contributed by atoms with Crippen LogP contribution in [0.1, 0.15) is 33.1 Å². The van der Waals surface area contributed by atoms with Gasteiger partial charge in [-0.3, -0.25) is 10.1 Å². The van der Waals surface area contributed by atoms with Crippen LogP contribution in [0.25, 0.3) is 0 Å². The van der Waals surface area contributed by atoms with Gasteiger partial charge in [0.2, 0.25) is 5.91 Å². The molecule has 1 aliphatic rings. The fourth-order valence-electron chi connectivity index (χ4n) is 1.69. The van der Waals surface area contributed by atoms with Crippen LogP contribution in [0.15, 0.2) is 0 Å². The van der Waals surface area contributed by atoms with E-state index in [0.29, 0.717) is 12.5 Å². The molecule has 1 aliphatic carbocycles. The van der Waals surface area contributed by atoms with Gasteiger partial charge in [-0.2, -0.15) is 0 Å². The van der Waals surface area contributed by atoms with Crippen LogP contribution in [0.2, 0.25) is 0 Å². The molecule has 16 heavy (non-hydrogen) atoms. The zero-order valence-corrected chi connectivity index (χ0v) is 10.6. The molecule has 2 N–H and O–H groups in total. The number of hydrogen-bond acceptors (Lipinski definition) is 2. The third kappa shape index (κ3) is 3.67. The van der Waals surface area contributed by atoms with E-state index in [1.807, 2.05) is 0 Å². The fourth-order valence-corrected chi connectivity index (χ4v) is 1.87. The summed E-state index contributed by atoms with van der Waals surface area (Å²) in [6.07, 6.45) is 2.48. The number of halogens is 1. The first-order valence-electron chi connectivity index (χ1n) is 5.64. The van der Waals surface area contributed by atoms with Gasteiger partial charge >= 0.3 is 6.03 Å². The van der Waals surface area contributed by atoms with Crippen LogP contribution in [0.4, 0.5) is 4.79 Å². The molecule has 3 amide bonds. The molecule has 0 atom stereocenters. The van der Waals surface area contributed by atoms with Gasteiger partial charge in [-0.05, 0) is 24.2 Å². The fraction of sp³-hybridized carbons (Fsp3) is 0.818. The topological polar surface area (TPSA) is 58.2 Å². The SMILES string of the molecule is CC(C)C1(CNC(=O)NC(=O)CCCl)CC1. The lowest BCUT2D eigenvalue weighted by Crippen LogP contribution is -2.42. The molecule has 4 nitrogen and oxygen atoms in total. The first kappa shape index (κ1) is 13.3. The third-order valence-corrected chi connectivity index (χ3v) is 3.48. The Balaban J connectivity index is 2.23. The van der Waals surface area contributed by atoms with Gasteiger partial charge in [0.05, 0.1) is 0 Å². The van der Waals surface area contributed by atoms with Crippen molar-refractivity contribution in [2.45, 2.75) is 33.1 Å². The zero-order chi connectivity index (χ0) is 12.2. The van der Waals surface area contributed by atoms with E-state index in [1.165, 1.54) is 0 Å². The van der Waals surface area contributed by atoms with Crippen molar-refractivity contribution in [3.63, 3.8) is 0 Å². The number of rotatable bonds is 5. The Bertz CT molecular complexity index is 275. The van der Waals surface area contributed by atoms with Crippen LogP contribution >= 0.6 is 11.6 Å². The molecule has 1 rings (SSSR count). The minimum atomic E-state index is -0.415. The summed E-state index contributed by atoms with van der Waals surface area (Å²) < 4.78 is 0. The Morgan fingerprint density at radius 2 is 2.00 bits per heavy atom. The Kier molecular flexibility index (Phi) is 4.59. The summed E-state index contributed by atoms with van der Waals surface area (Å²) in [4.78, 5) is 22.4. The molecular weight excluding hydrogens is 228 g/mol. The van der Waals surface area contributed by atoms with E-state index in [4.69, 9.17) is 11.6 Å². The highest BCUT2D eigenvalue weighted by molar-refractivity contribution is 6.19. The highest BCUT2D eigenvalue weighted by Gasteiger charge is 2.45. The number of imide groups is 1. The van der Waals surface area contributed by atoms with E-state index in [9.17, 15) is 9.59 Å². The van der Waals surface area contributed by atoms with Crippen molar-refractivity contribution < 1.29 is 9.59 Å². The van der Waals surface area contributed by atoms with Gasteiger partial charge in [-0.15, -0.1) is 11.6 Å².